The summed E-state index contributed by atoms with van der Waals surface area (Å²) in [5, 5.41) is 6.90. The molecule has 0 aliphatic heterocycles. The Hall–Kier alpha value is -1.87. The fraction of sp³-hybridized carbons (Fsp3) is 0.765. The van der Waals surface area contributed by atoms with Crippen molar-refractivity contribution in [3.05, 3.63) is 11.3 Å². The molecular formula is C17H20F5N3O2. The van der Waals surface area contributed by atoms with Crippen molar-refractivity contribution in [2.45, 2.75) is 68.6 Å². The minimum absolute atomic E-state index is 0.163. The van der Waals surface area contributed by atoms with Crippen LogP contribution in [0.4, 0.5) is 32.6 Å². The monoisotopic (exact) mass is 393 g/mol. The second-order valence-corrected chi connectivity index (χ2v) is 7.87. The van der Waals surface area contributed by atoms with Gasteiger partial charge in [-0.25, -0.2) is 13.6 Å². The van der Waals surface area contributed by atoms with Crippen molar-refractivity contribution in [2.24, 2.45) is 13.0 Å². The molecule has 150 valence electrons. The Kier molecular flexibility index (Phi) is 4.15. The van der Waals surface area contributed by atoms with Gasteiger partial charge in [0.05, 0.1) is 11.6 Å². The molecule has 1 amide bonds. The zero-order valence-electron chi connectivity index (χ0n) is 14.7. The van der Waals surface area contributed by atoms with Gasteiger partial charge in [-0.1, -0.05) is 0 Å². The van der Waals surface area contributed by atoms with E-state index in [0.29, 0.717) is 11.5 Å². The van der Waals surface area contributed by atoms with Gasteiger partial charge in [0.1, 0.15) is 11.9 Å². The number of aryl methyl sites for hydroxylation is 1. The number of anilines is 1. The van der Waals surface area contributed by atoms with Crippen molar-refractivity contribution in [3.8, 4) is 0 Å². The molecule has 3 saturated carbocycles. The highest BCUT2D eigenvalue weighted by molar-refractivity contribution is 5.85. The smallest absolute Gasteiger partial charge is 0.413 e. The number of carbonyl (C=O) groups excluding carboxylic acids is 1. The van der Waals surface area contributed by atoms with Crippen LogP contribution < -0.4 is 5.32 Å². The first-order valence-electron chi connectivity index (χ1n) is 9.02. The average molecular weight is 393 g/mol. The van der Waals surface area contributed by atoms with Gasteiger partial charge in [-0.05, 0) is 31.6 Å². The van der Waals surface area contributed by atoms with Crippen molar-refractivity contribution < 1.29 is 31.5 Å². The van der Waals surface area contributed by atoms with E-state index in [0.717, 1.165) is 18.4 Å². The lowest BCUT2D eigenvalue weighted by atomic mass is 9.77. The second-order valence-electron chi connectivity index (χ2n) is 7.87. The molecule has 5 nitrogen and oxygen atoms in total. The number of rotatable bonds is 4. The predicted molar refractivity (Wildman–Crippen MR) is 84.8 cm³/mol. The highest BCUT2D eigenvalue weighted by Crippen LogP contribution is 2.54. The zero-order chi connectivity index (χ0) is 19.6. The van der Waals surface area contributed by atoms with Gasteiger partial charge in [0.2, 0.25) is 5.92 Å². The van der Waals surface area contributed by atoms with Gasteiger partial charge in [-0.2, -0.15) is 18.3 Å². The van der Waals surface area contributed by atoms with E-state index >= 15 is 0 Å². The molecular weight excluding hydrogens is 373 g/mol. The molecule has 0 bridgehead atoms. The summed E-state index contributed by atoms with van der Waals surface area (Å²) in [7, 11) is 1.60. The first-order valence-corrected chi connectivity index (χ1v) is 9.02. The lowest BCUT2D eigenvalue weighted by Gasteiger charge is -2.35. The summed E-state index contributed by atoms with van der Waals surface area (Å²) in [4.78, 5) is 12.1. The molecule has 0 saturated heterocycles. The third-order valence-electron chi connectivity index (χ3n) is 5.63. The van der Waals surface area contributed by atoms with E-state index in [9.17, 15) is 26.7 Å². The van der Waals surface area contributed by atoms with Crippen LogP contribution in [0.15, 0.2) is 0 Å². The first kappa shape index (κ1) is 18.5. The molecule has 1 heterocycles. The maximum Gasteiger partial charge on any atom is 0.413 e. The van der Waals surface area contributed by atoms with Crippen LogP contribution in [0.1, 0.15) is 61.6 Å². The number of aromatic nitrogens is 2. The summed E-state index contributed by atoms with van der Waals surface area (Å²) >= 11 is 0. The summed E-state index contributed by atoms with van der Waals surface area (Å²) in [6, 6.07) is 0. The molecule has 3 aliphatic carbocycles. The minimum atomic E-state index is -4.27. The minimum Gasteiger partial charge on any atom is -0.446 e. The van der Waals surface area contributed by atoms with Gasteiger partial charge < -0.3 is 4.74 Å². The van der Waals surface area contributed by atoms with Crippen LogP contribution in [-0.2, 0) is 11.8 Å². The van der Waals surface area contributed by atoms with E-state index in [2.05, 4.69) is 10.4 Å². The molecule has 0 spiro atoms. The van der Waals surface area contributed by atoms with Crippen LogP contribution in [0, 0.1) is 5.92 Å². The number of nitrogens with one attached hydrogen (secondary N) is 1. The van der Waals surface area contributed by atoms with Crippen molar-refractivity contribution in [1.82, 2.24) is 9.78 Å². The predicted octanol–water partition coefficient (Wildman–Crippen LogP) is 4.70. The Morgan fingerprint density at radius 1 is 1.22 bits per heavy atom. The molecule has 27 heavy (non-hydrogen) atoms. The largest absolute Gasteiger partial charge is 0.446 e. The van der Waals surface area contributed by atoms with Crippen LogP contribution in [-0.4, -0.2) is 34.1 Å². The van der Waals surface area contributed by atoms with E-state index in [1.807, 2.05) is 0 Å². The van der Waals surface area contributed by atoms with Crippen molar-refractivity contribution >= 4 is 11.9 Å². The molecule has 10 heteroatoms. The zero-order valence-corrected chi connectivity index (χ0v) is 14.7. The van der Waals surface area contributed by atoms with Gasteiger partial charge in [0.25, 0.3) is 0 Å². The second kappa shape index (κ2) is 6.07. The van der Waals surface area contributed by atoms with E-state index in [1.165, 1.54) is 4.68 Å². The Labute approximate surface area is 152 Å². The molecule has 0 radical (unpaired) electrons. The molecule has 3 fully saturated rings. The summed E-state index contributed by atoms with van der Waals surface area (Å²) in [5.41, 5.74) is 1.35. The first-order chi connectivity index (χ1) is 12.5. The van der Waals surface area contributed by atoms with Gasteiger partial charge in [0, 0.05) is 31.4 Å². The molecule has 1 aromatic heterocycles. The summed E-state index contributed by atoms with van der Waals surface area (Å²) in [5.74, 6) is -3.89. The standard InChI is InChI=1S/C17H20F5N3O2/c1-25-14(23-15(26)27-11-4-10(5-11)17(20,21)22)12(8-2-3-8)13(24-25)9-6-16(18,19)7-9/h8-11H,2-7H2,1H3,(H,23,26). The number of nitrogens with zero attached hydrogens (tertiary/aromatic N) is 2. The van der Waals surface area contributed by atoms with Crippen molar-refractivity contribution in [3.63, 3.8) is 0 Å². The number of amides is 1. The highest BCUT2D eigenvalue weighted by Gasteiger charge is 2.50. The average Bonchev–Trinajstić information content (AvgIpc) is 3.25. The maximum atomic E-state index is 13.2. The topological polar surface area (TPSA) is 56.2 Å². The quantitative estimate of drug-likeness (QED) is 0.755. The number of ether oxygens (including phenoxy) is 1. The molecule has 3 aliphatic rings. The number of halogens is 5. The van der Waals surface area contributed by atoms with Crippen LogP contribution in [0.5, 0.6) is 0 Å². The van der Waals surface area contributed by atoms with E-state index in [-0.39, 0.29) is 37.5 Å². The van der Waals surface area contributed by atoms with Gasteiger partial charge in [-0.3, -0.25) is 10.00 Å². The van der Waals surface area contributed by atoms with Crippen LogP contribution in [0.25, 0.3) is 0 Å². The van der Waals surface area contributed by atoms with Crippen LogP contribution >= 0.6 is 0 Å². The molecule has 4 rings (SSSR count). The molecule has 0 atom stereocenters. The SMILES string of the molecule is Cn1nc(C2CC(F)(F)C2)c(C2CC2)c1NC(=O)OC1CC(C(F)(F)F)C1. The van der Waals surface area contributed by atoms with Crippen molar-refractivity contribution in [2.75, 3.05) is 5.32 Å². The molecule has 1 N–H and O–H groups in total. The fourth-order valence-corrected chi connectivity index (χ4v) is 3.85. The van der Waals surface area contributed by atoms with Gasteiger partial charge in [0.15, 0.2) is 0 Å². The number of carbonyl (C=O) groups is 1. The summed E-state index contributed by atoms with van der Waals surface area (Å²) < 4.78 is 70.5. The molecule has 1 aromatic rings. The van der Waals surface area contributed by atoms with E-state index in [4.69, 9.17) is 4.74 Å². The molecule has 0 unspecified atom stereocenters. The molecule has 0 aromatic carbocycles. The maximum absolute atomic E-state index is 13.2. The van der Waals surface area contributed by atoms with Gasteiger partial charge in [-0.15, -0.1) is 0 Å². The fourth-order valence-electron chi connectivity index (χ4n) is 3.85. The Morgan fingerprint density at radius 3 is 2.37 bits per heavy atom. The summed E-state index contributed by atoms with van der Waals surface area (Å²) in [6.45, 7) is 0. The van der Waals surface area contributed by atoms with E-state index in [1.54, 1.807) is 7.05 Å². The Bertz CT molecular complexity index is 742. The van der Waals surface area contributed by atoms with Crippen molar-refractivity contribution in [1.29, 1.82) is 0 Å². The highest BCUT2D eigenvalue weighted by atomic mass is 19.4. The third kappa shape index (κ3) is 3.62. The normalized spacial score (nSPS) is 27.6. The Morgan fingerprint density at radius 2 is 1.85 bits per heavy atom. The number of alkyl halides is 5. The lowest BCUT2D eigenvalue weighted by molar-refractivity contribution is -0.213. The number of hydrogen-bond donors (Lipinski definition) is 1. The Balaban J connectivity index is 1.42. The lowest BCUT2D eigenvalue weighted by Crippen LogP contribution is -2.42. The summed E-state index contributed by atoms with van der Waals surface area (Å²) in [6.07, 6.45) is -5.07. The van der Waals surface area contributed by atoms with Crippen LogP contribution in [0.2, 0.25) is 0 Å². The van der Waals surface area contributed by atoms with Crippen LogP contribution in [0.3, 0.4) is 0 Å². The number of hydrogen-bond acceptors (Lipinski definition) is 3. The van der Waals surface area contributed by atoms with Gasteiger partial charge >= 0.3 is 12.3 Å². The van der Waals surface area contributed by atoms with E-state index < -0.39 is 30.2 Å². The third-order valence-corrected chi connectivity index (χ3v) is 5.63.